The van der Waals surface area contributed by atoms with Gasteiger partial charge in [-0.1, -0.05) is 12.1 Å². The Bertz CT molecular complexity index is 1130. The molecular weight excluding hydrogens is 380 g/mol. The largest absolute Gasteiger partial charge is 0.280 e. The van der Waals surface area contributed by atoms with Crippen LogP contribution in [-0.4, -0.2) is 35.1 Å². The SMILES string of the molecule is O=C1c2cccnc2C(=O)N1Cc1ccc(S(=O)(=O)Nc2cccnc2)cc1. The molecule has 0 aliphatic carbocycles. The zero-order valence-corrected chi connectivity index (χ0v) is 15.3. The number of benzene rings is 1. The monoisotopic (exact) mass is 394 g/mol. The second-order valence-corrected chi connectivity index (χ2v) is 7.77. The molecule has 0 bridgehead atoms. The van der Waals surface area contributed by atoms with Crippen LogP contribution >= 0.6 is 0 Å². The van der Waals surface area contributed by atoms with Gasteiger partial charge in [0.05, 0.1) is 28.9 Å². The van der Waals surface area contributed by atoms with Crippen molar-refractivity contribution in [3.63, 3.8) is 0 Å². The first-order chi connectivity index (χ1) is 13.5. The number of aromatic nitrogens is 2. The van der Waals surface area contributed by atoms with Crippen LogP contribution in [-0.2, 0) is 16.6 Å². The van der Waals surface area contributed by atoms with E-state index in [9.17, 15) is 18.0 Å². The standard InChI is InChI=1S/C19H14N4O4S/c24-18-16-4-2-10-21-17(16)19(25)23(18)12-13-5-7-15(8-6-13)28(26,27)22-14-3-1-9-20-11-14/h1-11,22H,12H2. The van der Waals surface area contributed by atoms with Gasteiger partial charge in [-0.15, -0.1) is 0 Å². The second kappa shape index (κ2) is 6.86. The summed E-state index contributed by atoms with van der Waals surface area (Å²) in [7, 11) is -3.77. The molecule has 2 aromatic heterocycles. The van der Waals surface area contributed by atoms with E-state index in [1.807, 2.05) is 0 Å². The van der Waals surface area contributed by atoms with Crippen LogP contribution in [0.25, 0.3) is 0 Å². The first-order valence-corrected chi connectivity index (χ1v) is 9.77. The van der Waals surface area contributed by atoms with Crippen molar-refractivity contribution in [1.82, 2.24) is 14.9 Å². The maximum atomic E-state index is 12.4. The van der Waals surface area contributed by atoms with Crippen LogP contribution < -0.4 is 4.72 Å². The number of nitrogens with zero attached hydrogens (tertiary/aromatic N) is 3. The number of hydrogen-bond donors (Lipinski definition) is 1. The number of nitrogens with one attached hydrogen (secondary N) is 1. The molecule has 8 nitrogen and oxygen atoms in total. The van der Waals surface area contributed by atoms with Crippen molar-refractivity contribution in [2.45, 2.75) is 11.4 Å². The Labute approximate surface area is 160 Å². The third kappa shape index (κ3) is 3.23. The van der Waals surface area contributed by atoms with Crippen molar-refractivity contribution in [2.75, 3.05) is 4.72 Å². The van der Waals surface area contributed by atoms with E-state index in [2.05, 4.69) is 14.7 Å². The van der Waals surface area contributed by atoms with Gasteiger partial charge in [0, 0.05) is 12.4 Å². The smallest absolute Gasteiger partial charge is 0.278 e. The third-order valence-corrected chi connectivity index (χ3v) is 5.62. The number of carbonyl (C=O) groups excluding carboxylic acids is 2. The molecule has 0 saturated carbocycles. The lowest BCUT2D eigenvalue weighted by Gasteiger charge is -2.14. The first-order valence-electron chi connectivity index (χ1n) is 8.29. The Morgan fingerprint density at radius 2 is 1.68 bits per heavy atom. The number of carbonyl (C=O) groups is 2. The van der Waals surface area contributed by atoms with Gasteiger partial charge in [-0.2, -0.15) is 0 Å². The maximum Gasteiger partial charge on any atom is 0.280 e. The molecule has 9 heteroatoms. The van der Waals surface area contributed by atoms with Gasteiger partial charge >= 0.3 is 0 Å². The summed E-state index contributed by atoms with van der Waals surface area (Å²) < 4.78 is 27.3. The Kier molecular flexibility index (Phi) is 4.36. The van der Waals surface area contributed by atoms with Gasteiger partial charge in [0.2, 0.25) is 0 Å². The highest BCUT2D eigenvalue weighted by Gasteiger charge is 2.36. The van der Waals surface area contributed by atoms with E-state index in [1.165, 1.54) is 24.5 Å². The lowest BCUT2D eigenvalue weighted by atomic mass is 10.2. The molecule has 0 saturated heterocycles. The fourth-order valence-corrected chi connectivity index (χ4v) is 3.89. The van der Waals surface area contributed by atoms with Gasteiger partial charge < -0.3 is 0 Å². The summed E-state index contributed by atoms with van der Waals surface area (Å²) in [6.45, 7) is 0.0321. The number of pyridine rings is 2. The number of rotatable bonds is 5. The van der Waals surface area contributed by atoms with Gasteiger partial charge in [-0.3, -0.25) is 29.2 Å². The number of imide groups is 1. The lowest BCUT2D eigenvalue weighted by Crippen LogP contribution is -2.29. The van der Waals surface area contributed by atoms with Crippen molar-refractivity contribution in [1.29, 1.82) is 0 Å². The van der Waals surface area contributed by atoms with E-state index in [0.717, 1.165) is 4.90 Å². The van der Waals surface area contributed by atoms with E-state index in [4.69, 9.17) is 0 Å². The summed E-state index contributed by atoms with van der Waals surface area (Å²) in [5.74, 6) is -0.876. The Morgan fingerprint density at radius 1 is 0.929 bits per heavy atom. The van der Waals surface area contributed by atoms with E-state index >= 15 is 0 Å². The summed E-state index contributed by atoms with van der Waals surface area (Å²) in [6, 6.07) is 12.3. The van der Waals surface area contributed by atoms with Crippen LogP contribution in [0.3, 0.4) is 0 Å². The number of hydrogen-bond acceptors (Lipinski definition) is 6. The van der Waals surface area contributed by atoms with Gasteiger partial charge in [0.25, 0.3) is 21.8 Å². The maximum absolute atomic E-state index is 12.4. The van der Waals surface area contributed by atoms with Gasteiger partial charge in [0.1, 0.15) is 5.69 Å². The minimum atomic E-state index is -3.77. The molecule has 1 aliphatic heterocycles. The Hall–Kier alpha value is -3.59. The fourth-order valence-electron chi connectivity index (χ4n) is 2.85. The highest BCUT2D eigenvalue weighted by Crippen LogP contribution is 2.23. The van der Waals surface area contributed by atoms with Gasteiger partial charge in [-0.05, 0) is 42.0 Å². The van der Waals surface area contributed by atoms with E-state index < -0.39 is 21.8 Å². The topological polar surface area (TPSA) is 109 Å². The quantitative estimate of drug-likeness (QED) is 0.664. The van der Waals surface area contributed by atoms with Gasteiger partial charge in [-0.25, -0.2) is 8.42 Å². The average Bonchev–Trinajstić information content (AvgIpc) is 2.94. The molecule has 0 unspecified atom stereocenters. The highest BCUT2D eigenvalue weighted by molar-refractivity contribution is 7.92. The third-order valence-electron chi connectivity index (χ3n) is 4.22. The molecule has 4 rings (SSSR count). The Balaban J connectivity index is 1.51. The van der Waals surface area contributed by atoms with Crippen molar-refractivity contribution in [3.8, 4) is 0 Å². The predicted molar refractivity (Wildman–Crippen MR) is 99.9 cm³/mol. The van der Waals surface area contributed by atoms with Crippen molar-refractivity contribution in [3.05, 3.63) is 83.9 Å². The number of amides is 2. The van der Waals surface area contributed by atoms with E-state index in [0.29, 0.717) is 11.3 Å². The van der Waals surface area contributed by atoms with Crippen LogP contribution in [0.4, 0.5) is 5.69 Å². The fraction of sp³-hybridized carbons (Fsp3) is 0.0526. The zero-order chi connectivity index (χ0) is 19.7. The summed E-state index contributed by atoms with van der Waals surface area (Å²) in [5, 5.41) is 0. The normalized spacial score (nSPS) is 13.5. The molecule has 0 spiro atoms. The molecule has 1 N–H and O–H groups in total. The summed E-state index contributed by atoms with van der Waals surface area (Å²) in [6.07, 6.45) is 4.41. The average molecular weight is 394 g/mol. The molecule has 140 valence electrons. The molecule has 2 amide bonds. The van der Waals surface area contributed by atoms with Crippen molar-refractivity contribution < 1.29 is 18.0 Å². The van der Waals surface area contributed by atoms with Crippen LogP contribution in [0, 0.1) is 0 Å². The molecular formula is C19H14N4O4S. The summed E-state index contributed by atoms with van der Waals surface area (Å²) in [4.78, 5) is 33.7. The van der Waals surface area contributed by atoms with Crippen LogP contribution in [0.5, 0.6) is 0 Å². The van der Waals surface area contributed by atoms with Gasteiger partial charge in [0.15, 0.2) is 0 Å². The minimum Gasteiger partial charge on any atom is -0.278 e. The molecule has 0 atom stereocenters. The van der Waals surface area contributed by atoms with Crippen molar-refractivity contribution in [2.24, 2.45) is 0 Å². The van der Waals surface area contributed by atoms with E-state index in [1.54, 1.807) is 42.6 Å². The lowest BCUT2D eigenvalue weighted by molar-refractivity contribution is 0.0640. The molecule has 0 radical (unpaired) electrons. The second-order valence-electron chi connectivity index (χ2n) is 6.09. The van der Waals surface area contributed by atoms with Crippen molar-refractivity contribution >= 4 is 27.5 Å². The minimum absolute atomic E-state index is 0.0321. The molecule has 1 aliphatic rings. The number of fused-ring (bicyclic) bond motifs is 1. The molecule has 3 heterocycles. The highest BCUT2D eigenvalue weighted by atomic mass is 32.2. The predicted octanol–water partition coefficient (Wildman–Crippen LogP) is 2.07. The molecule has 0 fully saturated rings. The summed E-state index contributed by atoms with van der Waals surface area (Å²) in [5.41, 5.74) is 1.37. The van der Waals surface area contributed by atoms with Crippen LogP contribution in [0.15, 0.2) is 72.0 Å². The molecule has 28 heavy (non-hydrogen) atoms. The number of sulfonamides is 1. The van der Waals surface area contributed by atoms with Crippen LogP contribution in [0.1, 0.15) is 26.4 Å². The Morgan fingerprint density at radius 3 is 2.36 bits per heavy atom. The molecule has 1 aromatic carbocycles. The zero-order valence-electron chi connectivity index (χ0n) is 14.4. The first kappa shape index (κ1) is 17.8. The number of anilines is 1. The summed E-state index contributed by atoms with van der Waals surface area (Å²) >= 11 is 0. The van der Waals surface area contributed by atoms with Crippen LogP contribution in [0.2, 0.25) is 0 Å². The molecule has 3 aromatic rings. The van der Waals surface area contributed by atoms with E-state index in [-0.39, 0.29) is 22.7 Å².